The highest BCUT2D eigenvalue weighted by Crippen LogP contribution is 2.27. The van der Waals surface area contributed by atoms with Crippen LogP contribution in [0.1, 0.15) is 46.4 Å². The van der Waals surface area contributed by atoms with E-state index in [1.807, 2.05) is 19.1 Å². The first-order valence-electron chi connectivity index (χ1n) is 9.72. The van der Waals surface area contributed by atoms with Gasteiger partial charge in [0.05, 0.1) is 26.0 Å². The highest BCUT2D eigenvalue weighted by Gasteiger charge is 2.37. The number of aromatic nitrogens is 4. The number of nitrogens with zero attached hydrogens (tertiary/aromatic N) is 4. The van der Waals surface area contributed by atoms with Gasteiger partial charge in [0.2, 0.25) is 5.91 Å². The summed E-state index contributed by atoms with van der Waals surface area (Å²) < 4.78 is 44.6. The fraction of sp³-hybridized carbons (Fsp3) is 0.381. The summed E-state index contributed by atoms with van der Waals surface area (Å²) in [5, 5.41) is 6.29. The summed E-state index contributed by atoms with van der Waals surface area (Å²) in [4.78, 5) is 32.2. The zero-order valence-electron chi connectivity index (χ0n) is 17.9. The molecule has 3 rings (SSSR count). The molecular weight excluding hydrogens is 427 g/mol. The summed E-state index contributed by atoms with van der Waals surface area (Å²) in [6.45, 7) is 5.05. The molecule has 1 unspecified atom stereocenters. The Morgan fingerprint density at radius 2 is 1.78 bits per heavy atom. The van der Waals surface area contributed by atoms with Crippen LogP contribution >= 0.6 is 0 Å². The van der Waals surface area contributed by atoms with E-state index in [0.717, 1.165) is 15.6 Å². The van der Waals surface area contributed by atoms with Crippen LogP contribution in [0.15, 0.2) is 24.3 Å². The molecule has 32 heavy (non-hydrogen) atoms. The Balaban J connectivity index is 1.87. The summed E-state index contributed by atoms with van der Waals surface area (Å²) in [5.41, 5.74) is 2.86. The molecule has 1 N–H and O–H groups in total. The molecule has 2 aromatic heterocycles. The number of rotatable bonds is 6. The van der Waals surface area contributed by atoms with Crippen LogP contribution in [0, 0.1) is 20.8 Å². The minimum absolute atomic E-state index is 0.0709. The first-order chi connectivity index (χ1) is 15.0. The molecule has 0 aliphatic heterocycles. The number of carbonyl (C=O) groups excluding carboxylic acids is 2. The molecule has 0 aliphatic carbocycles. The van der Waals surface area contributed by atoms with Crippen molar-refractivity contribution < 1.29 is 27.5 Å². The Morgan fingerprint density at radius 1 is 1.12 bits per heavy atom. The van der Waals surface area contributed by atoms with Crippen LogP contribution in [0.25, 0.3) is 5.78 Å². The quantitative estimate of drug-likeness (QED) is 0.581. The van der Waals surface area contributed by atoms with Gasteiger partial charge in [-0.15, -0.1) is 5.10 Å². The Morgan fingerprint density at radius 3 is 2.38 bits per heavy atom. The largest absolute Gasteiger partial charge is 0.469 e. The summed E-state index contributed by atoms with van der Waals surface area (Å²) in [6, 6.07) is 6.71. The minimum Gasteiger partial charge on any atom is -0.469 e. The standard InChI is InChI=1S/C21H22F3N5O3/c1-11-5-7-14(8-6-11)16(10-18(31)32-4)26-17(30)9-15-12(2)25-20-27-19(21(22,23)24)28-29(20)13(15)3/h5-8,16H,9-10H2,1-4H3,(H,26,30). The van der Waals surface area contributed by atoms with E-state index in [4.69, 9.17) is 4.74 Å². The Hall–Kier alpha value is -3.50. The zero-order valence-corrected chi connectivity index (χ0v) is 17.9. The van der Waals surface area contributed by atoms with Gasteiger partial charge in [-0.05, 0) is 26.3 Å². The van der Waals surface area contributed by atoms with Gasteiger partial charge in [0.15, 0.2) is 0 Å². The third kappa shape index (κ3) is 5.04. The summed E-state index contributed by atoms with van der Waals surface area (Å²) in [6.07, 6.45) is -4.94. The number of fused-ring (bicyclic) bond motifs is 1. The highest BCUT2D eigenvalue weighted by atomic mass is 19.4. The van der Waals surface area contributed by atoms with E-state index in [1.165, 1.54) is 7.11 Å². The second-order valence-corrected chi connectivity index (χ2v) is 7.39. The normalized spacial score (nSPS) is 12.6. The van der Waals surface area contributed by atoms with E-state index < -0.39 is 29.9 Å². The van der Waals surface area contributed by atoms with Gasteiger partial charge in [-0.3, -0.25) is 9.59 Å². The van der Waals surface area contributed by atoms with Crippen LogP contribution in [-0.2, 0) is 26.9 Å². The number of amides is 1. The van der Waals surface area contributed by atoms with Crippen molar-refractivity contribution in [2.75, 3.05) is 7.11 Å². The molecule has 0 saturated heterocycles. The average Bonchev–Trinajstić information content (AvgIpc) is 3.16. The van der Waals surface area contributed by atoms with Crippen molar-refractivity contribution in [3.8, 4) is 0 Å². The maximum absolute atomic E-state index is 13.0. The second kappa shape index (κ2) is 8.93. The lowest BCUT2D eigenvalue weighted by atomic mass is 10.0. The molecule has 1 atom stereocenters. The smallest absolute Gasteiger partial charge is 0.453 e. The van der Waals surface area contributed by atoms with Crippen molar-refractivity contribution in [3.05, 3.63) is 58.2 Å². The second-order valence-electron chi connectivity index (χ2n) is 7.39. The molecule has 0 fully saturated rings. The van der Waals surface area contributed by atoms with Crippen LogP contribution in [0.2, 0.25) is 0 Å². The maximum Gasteiger partial charge on any atom is 0.453 e. The monoisotopic (exact) mass is 449 g/mol. The van der Waals surface area contributed by atoms with Gasteiger partial charge < -0.3 is 10.1 Å². The number of carbonyl (C=O) groups is 2. The van der Waals surface area contributed by atoms with Crippen molar-refractivity contribution in [2.24, 2.45) is 0 Å². The van der Waals surface area contributed by atoms with Crippen LogP contribution in [0.5, 0.6) is 0 Å². The average molecular weight is 449 g/mol. The van der Waals surface area contributed by atoms with Gasteiger partial charge >= 0.3 is 12.1 Å². The topological polar surface area (TPSA) is 98.5 Å². The molecule has 8 nitrogen and oxygen atoms in total. The Bertz CT molecular complexity index is 1160. The molecule has 0 bridgehead atoms. The molecule has 1 amide bonds. The van der Waals surface area contributed by atoms with Crippen molar-refractivity contribution >= 4 is 17.7 Å². The third-order valence-electron chi connectivity index (χ3n) is 5.05. The predicted octanol–water partition coefficient (Wildman–Crippen LogP) is 3.03. The number of hydrogen-bond donors (Lipinski definition) is 1. The molecule has 170 valence electrons. The van der Waals surface area contributed by atoms with Gasteiger partial charge in [-0.25, -0.2) is 9.50 Å². The fourth-order valence-electron chi connectivity index (χ4n) is 3.29. The molecule has 0 radical (unpaired) electrons. The van der Waals surface area contributed by atoms with Crippen LogP contribution in [0.3, 0.4) is 0 Å². The maximum atomic E-state index is 13.0. The first-order valence-corrected chi connectivity index (χ1v) is 9.72. The molecule has 11 heteroatoms. The number of ether oxygens (including phenoxy) is 1. The Labute approximate surface area is 181 Å². The molecule has 3 aromatic rings. The molecule has 0 aliphatic rings. The lowest BCUT2D eigenvalue weighted by Crippen LogP contribution is -2.32. The Kier molecular flexibility index (Phi) is 6.47. The molecule has 2 heterocycles. The number of halogens is 3. The number of hydrogen-bond acceptors (Lipinski definition) is 6. The molecule has 0 saturated carbocycles. The number of nitrogens with one attached hydrogen (secondary N) is 1. The van der Waals surface area contributed by atoms with E-state index in [9.17, 15) is 22.8 Å². The molecular formula is C21H22F3N5O3. The number of methoxy groups -OCH3 is 1. The van der Waals surface area contributed by atoms with E-state index >= 15 is 0 Å². The molecule has 1 aromatic carbocycles. The van der Waals surface area contributed by atoms with E-state index in [-0.39, 0.29) is 18.6 Å². The van der Waals surface area contributed by atoms with Gasteiger partial charge in [-0.2, -0.15) is 18.2 Å². The number of esters is 1. The van der Waals surface area contributed by atoms with Crippen molar-refractivity contribution in [2.45, 2.75) is 45.8 Å². The summed E-state index contributed by atoms with van der Waals surface area (Å²) >= 11 is 0. The van der Waals surface area contributed by atoms with E-state index in [0.29, 0.717) is 17.0 Å². The van der Waals surface area contributed by atoms with Crippen LogP contribution in [0.4, 0.5) is 13.2 Å². The van der Waals surface area contributed by atoms with Crippen LogP contribution < -0.4 is 5.32 Å². The lowest BCUT2D eigenvalue weighted by Gasteiger charge is -2.19. The molecule has 0 spiro atoms. The number of aryl methyl sites for hydroxylation is 3. The summed E-state index contributed by atoms with van der Waals surface area (Å²) in [5.74, 6) is -2.41. The first kappa shape index (κ1) is 23.2. The summed E-state index contributed by atoms with van der Waals surface area (Å²) in [7, 11) is 1.26. The van der Waals surface area contributed by atoms with Gasteiger partial charge in [0.1, 0.15) is 0 Å². The van der Waals surface area contributed by atoms with Gasteiger partial charge in [0.25, 0.3) is 11.6 Å². The number of benzene rings is 1. The van der Waals surface area contributed by atoms with Crippen molar-refractivity contribution in [3.63, 3.8) is 0 Å². The van der Waals surface area contributed by atoms with Crippen molar-refractivity contribution in [1.82, 2.24) is 24.9 Å². The van der Waals surface area contributed by atoms with Gasteiger partial charge in [-0.1, -0.05) is 29.8 Å². The van der Waals surface area contributed by atoms with Gasteiger partial charge in [0, 0.05) is 17.0 Å². The van der Waals surface area contributed by atoms with Crippen LogP contribution in [-0.4, -0.2) is 38.6 Å². The van der Waals surface area contributed by atoms with E-state index in [1.54, 1.807) is 26.0 Å². The van der Waals surface area contributed by atoms with E-state index in [2.05, 4.69) is 20.4 Å². The fourth-order valence-corrected chi connectivity index (χ4v) is 3.29. The minimum atomic E-state index is -4.71. The van der Waals surface area contributed by atoms with Crippen molar-refractivity contribution in [1.29, 1.82) is 0 Å². The highest BCUT2D eigenvalue weighted by molar-refractivity contribution is 5.80. The predicted molar refractivity (Wildman–Crippen MR) is 108 cm³/mol. The zero-order chi connectivity index (χ0) is 23.6. The SMILES string of the molecule is COC(=O)CC(NC(=O)Cc1c(C)nc2nc(C(F)(F)F)nn2c1C)c1ccc(C)cc1. The lowest BCUT2D eigenvalue weighted by molar-refractivity contribution is -0.145. The third-order valence-corrected chi connectivity index (χ3v) is 5.05. The number of alkyl halides is 3.